The van der Waals surface area contributed by atoms with E-state index in [0.29, 0.717) is 16.2 Å². The molecule has 0 unspecified atom stereocenters. The van der Waals surface area contributed by atoms with E-state index in [-0.39, 0.29) is 11.6 Å². The van der Waals surface area contributed by atoms with E-state index >= 15 is 0 Å². The van der Waals surface area contributed by atoms with Crippen LogP contribution in [0.2, 0.25) is 0 Å². The Bertz CT molecular complexity index is 877. The minimum Gasteiger partial charge on any atom is -0.323 e. The van der Waals surface area contributed by atoms with E-state index in [0.717, 1.165) is 16.8 Å². The number of rotatable bonds is 2. The van der Waals surface area contributed by atoms with E-state index in [4.69, 9.17) is 5.73 Å². The van der Waals surface area contributed by atoms with E-state index < -0.39 is 0 Å². The van der Waals surface area contributed by atoms with Gasteiger partial charge in [0.25, 0.3) is 5.56 Å². The summed E-state index contributed by atoms with van der Waals surface area (Å²) in [6, 6.07) is 7.60. The number of nitrogens with zero attached hydrogens (tertiary/aromatic N) is 2. The van der Waals surface area contributed by atoms with Gasteiger partial charge in [-0.3, -0.25) is 9.20 Å². The average molecular weight is 299 g/mol. The van der Waals surface area contributed by atoms with Crippen LogP contribution in [0.1, 0.15) is 29.9 Å². The minimum absolute atomic E-state index is 0.0448. The van der Waals surface area contributed by atoms with Crippen LogP contribution < -0.4 is 11.3 Å². The molecule has 0 aliphatic carbocycles. The normalized spacial score (nSPS) is 12.8. The molecule has 5 heteroatoms. The number of hydrogen-bond acceptors (Lipinski definition) is 4. The molecule has 0 saturated heterocycles. The van der Waals surface area contributed by atoms with Gasteiger partial charge in [-0.05, 0) is 26.3 Å². The van der Waals surface area contributed by atoms with Gasteiger partial charge in [0.05, 0.1) is 11.3 Å². The molecule has 4 nitrogen and oxygen atoms in total. The van der Waals surface area contributed by atoms with Crippen molar-refractivity contribution < 1.29 is 0 Å². The molecule has 1 atom stereocenters. The minimum atomic E-state index is -0.291. The highest BCUT2D eigenvalue weighted by Gasteiger charge is 2.19. The Hall–Kier alpha value is -1.98. The topological polar surface area (TPSA) is 60.4 Å². The van der Waals surface area contributed by atoms with E-state index in [1.54, 1.807) is 4.40 Å². The van der Waals surface area contributed by atoms with Crippen LogP contribution in [0.4, 0.5) is 0 Å². The van der Waals surface area contributed by atoms with Crippen molar-refractivity contribution in [1.29, 1.82) is 0 Å². The lowest BCUT2D eigenvalue weighted by Gasteiger charge is -2.12. The van der Waals surface area contributed by atoms with Crippen molar-refractivity contribution in [3.63, 3.8) is 0 Å². The molecular formula is C16H17N3OS. The lowest BCUT2D eigenvalue weighted by atomic mass is 10.0. The van der Waals surface area contributed by atoms with Gasteiger partial charge in [0, 0.05) is 17.1 Å². The molecule has 0 saturated carbocycles. The Morgan fingerprint density at radius 2 is 2.10 bits per heavy atom. The molecule has 0 fully saturated rings. The van der Waals surface area contributed by atoms with Crippen molar-refractivity contribution >= 4 is 16.3 Å². The number of aryl methyl sites for hydroxylation is 2. The zero-order chi connectivity index (χ0) is 15.1. The van der Waals surface area contributed by atoms with Crippen molar-refractivity contribution in [2.24, 2.45) is 5.73 Å². The fraction of sp³-hybridized carbons (Fsp3) is 0.250. The van der Waals surface area contributed by atoms with Gasteiger partial charge in [0.2, 0.25) is 0 Å². The van der Waals surface area contributed by atoms with E-state index in [9.17, 15) is 4.79 Å². The summed E-state index contributed by atoms with van der Waals surface area (Å²) in [4.78, 5) is 18.2. The second kappa shape index (κ2) is 5.09. The van der Waals surface area contributed by atoms with Gasteiger partial charge < -0.3 is 5.73 Å². The fourth-order valence-corrected chi connectivity index (χ4v) is 3.36. The van der Waals surface area contributed by atoms with Gasteiger partial charge >= 0.3 is 0 Å². The molecule has 2 aromatic heterocycles. The first-order valence-electron chi connectivity index (χ1n) is 6.82. The Kier molecular flexibility index (Phi) is 3.39. The third-order valence-electron chi connectivity index (χ3n) is 3.51. The molecule has 0 amide bonds. The van der Waals surface area contributed by atoms with Crippen molar-refractivity contribution in [2.75, 3.05) is 0 Å². The molecular weight excluding hydrogens is 282 g/mol. The highest BCUT2D eigenvalue weighted by Crippen LogP contribution is 2.25. The first-order chi connectivity index (χ1) is 9.99. The first-order valence-corrected chi connectivity index (χ1v) is 7.70. The van der Waals surface area contributed by atoms with E-state index in [1.807, 2.05) is 50.4 Å². The van der Waals surface area contributed by atoms with Crippen molar-refractivity contribution in [3.8, 4) is 11.1 Å². The molecule has 21 heavy (non-hydrogen) atoms. The lowest BCUT2D eigenvalue weighted by Crippen LogP contribution is -2.22. The highest BCUT2D eigenvalue weighted by molar-refractivity contribution is 7.15. The predicted molar refractivity (Wildman–Crippen MR) is 86.9 cm³/mol. The summed E-state index contributed by atoms with van der Waals surface area (Å²) in [5.74, 6) is 0. The van der Waals surface area contributed by atoms with Crippen LogP contribution in [0.25, 0.3) is 16.1 Å². The zero-order valence-corrected chi connectivity index (χ0v) is 13.1. The van der Waals surface area contributed by atoms with Crippen LogP contribution in [0.5, 0.6) is 0 Å². The average Bonchev–Trinajstić information content (AvgIpc) is 2.80. The van der Waals surface area contributed by atoms with Crippen LogP contribution in [-0.2, 0) is 0 Å². The summed E-state index contributed by atoms with van der Waals surface area (Å²) in [5, 5.41) is 1.94. The van der Waals surface area contributed by atoms with Crippen LogP contribution >= 0.6 is 11.3 Å². The zero-order valence-electron chi connectivity index (χ0n) is 12.3. The van der Waals surface area contributed by atoms with Crippen LogP contribution in [-0.4, -0.2) is 9.38 Å². The summed E-state index contributed by atoms with van der Waals surface area (Å²) >= 11 is 1.46. The molecule has 3 rings (SSSR count). The van der Waals surface area contributed by atoms with Gasteiger partial charge in [-0.25, -0.2) is 4.98 Å². The predicted octanol–water partition coefficient (Wildman–Crippen LogP) is 3.06. The molecule has 3 aromatic rings. The standard InChI is InChI=1S/C16H17N3OS/c1-9-5-4-6-12(7-9)13-14(11(3)17)18-16-19(15(13)20)10(2)8-21-16/h4-8,11H,17H2,1-3H3/t11-/m0/s1. The summed E-state index contributed by atoms with van der Waals surface area (Å²) in [6.07, 6.45) is 0. The molecule has 0 spiro atoms. The Morgan fingerprint density at radius 1 is 1.33 bits per heavy atom. The molecule has 108 valence electrons. The Morgan fingerprint density at radius 3 is 2.76 bits per heavy atom. The molecule has 2 N–H and O–H groups in total. The molecule has 0 radical (unpaired) electrons. The fourth-order valence-electron chi connectivity index (χ4n) is 2.50. The number of benzene rings is 1. The van der Waals surface area contributed by atoms with Crippen LogP contribution in [0.3, 0.4) is 0 Å². The maximum atomic E-state index is 12.9. The summed E-state index contributed by atoms with van der Waals surface area (Å²) in [5.41, 5.74) is 10.2. The third kappa shape index (κ3) is 2.28. The highest BCUT2D eigenvalue weighted by atomic mass is 32.1. The Labute approximate surface area is 126 Å². The van der Waals surface area contributed by atoms with Gasteiger partial charge in [0.15, 0.2) is 4.96 Å². The summed E-state index contributed by atoms with van der Waals surface area (Å²) < 4.78 is 1.66. The molecule has 1 aromatic carbocycles. The van der Waals surface area contributed by atoms with Crippen molar-refractivity contribution in [2.45, 2.75) is 26.8 Å². The molecule has 0 bridgehead atoms. The second-order valence-corrected chi connectivity index (χ2v) is 6.17. The molecule has 2 heterocycles. The summed E-state index contributed by atoms with van der Waals surface area (Å²) in [7, 11) is 0. The quantitative estimate of drug-likeness (QED) is 0.791. The molecule has 0 aliphatic heterocycles. The van der Waals surface area contributed by atoms with Gasteiger partial charge in [-0.2, -0.15) is 0 Å². The van der Waals surface area contributed by atoms with Gasteiger partial charge in [0.1, 0.15) is 0 Å². The lowest BCUT2D eigenvalue weighted by molar-refractivity contribution is 0.778. The van der Waals surface area contributed by atoms with Crippen LogP contribution in [0.15, 0.2) is 34.4 Å². The maximum Gasteiger partial charge on any atom is 0.266 e. The number of hydrogen-bond donors (Lipinski definition) is 1. The number of aromatic nitrogens is 2. The second-order valence-electron chi connectivity index (χ2n) is 5.33. The van der Waals surface area contributed by atoms with Crippen molar-refractivity contribution in [3.05, 3.63) is 57.0 Å². The maximum absolute atomic E-state index is 12.9. The van der Waals surface area contributed by atoms with Crippen molar-refractivity contribution in [1.82, 2.24) is 9.38 Å². The monoisotopic (exact) mass is 299 g/mol. The number of nitrogens with two attached hydrogens (primary N) is 1. The van der Waals surface area contributed by atoms with E-state index in [2.05, 4.69) is 4.98 Å². The SMILES string of the molecule is Cc1cccc(-c2c([C@H](C)N)nc3scc(C)n3c2=O)c1. The molecule has 0 aliphatic rings. The number of fused-ring (bicyclic) bond motifs is 1. The largest absolute Gasteiger partial charge is 0.323 e. The smallest absolute Gasteiger partial charge is 0.266 e. The van der Waals surface area contributed by atoms with Gasteiger partial charge in [-0.1, -0.05) is 29.8 Å². The van der Waals surface area contributed by atoms with Gasteiger partial charge in [-0.15, -0.1) is 11.3 Å². The summed E-state index contributed by atoms with van der Waals surface area (Å²) in [6.45, 7) is 5.78. The van der Waals surface area contributed by atoms with Crippen LogP contribution in [0, 0.1) is 13.8 Å². The first kappa shape index (κ1) is 14.0. The third-order valence-corrected chi connectivity index (χ3v) is 4.45. The van der Waals surface area contributed by atoms with E-state index in [1.165, 1.54) is 11.3 Å². The number of thiazole rings is 1. The Balaban J connectivity index is 2.44.